The van der Waals surface area contributed by atoms with Crippen LogP contribution in [0.25, 0.3) is 0 Å². The van der Waals surface area contributed by atoms with Crippen molar-refractivity contribution in [3.8, 4) is 0 Å². The van der Waals surface area contributed by atoms with Crippen molar-refractivity contribution in [3.63, 3.8) is 0 Å². The van der Waals surface area contributed by atoms with E-state index in [1.54, 1.807) is 35.8 Å². The molecule has 1 N–H and O–H groups in total. The zero-order valence-corrected chi connectivity index (χ0v) is 17.9. The fourth-order valence-electron chi connectivity index (χ4n) is 4.63. The van der Waals surface area contributed by atoms with Crippen LogP contribution in [0.3, 0.4) is 0 Å². The third kappa shape index (κ3) is 3.35. The number of nitrogens with one attached hydrogen (secondary N) is 1. The summed E-state index contributed by atoms with van der Waals surface area (Å²) in [5, 5.41) is 2.70. The second-order valence-electron chi connectivity index (χ2n) is 8.52. The smallest absolute Gasteiger partial charge is 0.243 e. The number of piperidine rings is 1. The maximum absolute atomic E-state index is 13.4. The van der Waals surface area contributed by atoms with Crippen LogP contribution in [-0.2, 0) is 14.8 Å². The summed E-state index contributed by atoms with van der Waals surface area (Å²) in [7, 11) is -3.59. The summed E-state index contributed by atoms with van der Waals surface area (Å²) in [6, 6.07) is 6.89. The van der Waals surface area contributed by atoms with Gasteiger partial charge in [0.05, 0.1) is 4.90 Å². The number of hydrogen-bond donors (Lipinski definition) is 1. The molecule has 3 aliphatic heterocycles. The number of hydrogen-bond acceptors (Lipinski definition) is 6. The molecule has 0 spiro atoms. The number of anilines is 2. The number of amides is 1. The second kappa shape index (κ2) is 7.02. The molecule has 158 valence electrons. The van der Waals surface area contributed by atoms with Crippen LogP contribution in [-0.4, -0.2) is 53.8 Å². The minimum absolute atomic E-state index is 0.0532. The Kier molecular flexibility index (Phi) is 4.55. The molecule has 6 rings (SSSR count). The summed E-state index contributed by atoms with van der Waals surface area (Å²) in [5.74, 6) is 1.28. The van der Waals surface area contributed by atoms with Crippen molar-refractivity contribution < 1.29 is 13.2 Å². The molecular formula is C21H25N5O3S. The van der Waals surface area contributed by atoms with Gasteiger partial charge in [-0.1, -0.05) is 0 Å². The number of sulfonamides is 1. The van der Waals surface area contributed by atoms with Gasteiger partial charge in [0.1, 0.15) is 12.1 Å². The van der Waals surface area contributed by atoms with Crippen molar-refractivity contribution in [3.05, 3.63) is 41.9 Å². The van der Waals surface area contributed by atoms with Gasteiger partial charge < -0.3 is 10.2 Å². The first-order valence-electron chi connectivity index (χ1n) is 10.3. The van der Waals surface area contributed by atoms with Crippen molar-refractivity contribution in [1.82, 2.24) is 14.3 Å². The molecule has 1 aromatic heterocycles. The Morgan fingerprint density at radius 3 is 2.50 bits per heavy atom. The van der Waals surface area contributed by atoms with Crippen molar-refractivity contribution in [1.29, 1.82) is 0 Å². The average molecular weight is 428 g/mol. The first kappa shape index (κ1) is 19.4. The lowest BCUT2D eigenvalue weighted by molar-refractivity contribution is -0.114. The average Bonchev–Trinajstić information content (AvgIpc) is 3.52. The fraction of sp³-hybridized carbons (Fsp3) is 0.476. The Hall–Kier alpha value is -2.52. The summed E-state index contributed by atoms with van der Waals surface area (Å²) in [4.78, 5) is 22.6. The molecule has 2 aromatic rings. The Balaban J connectivity index is 1.34. The van der Waals surface area contributed by atoms with Gasteiger partial charge in [-0.15, -0.1) is 0 Å². The highest BCUT2D eigenvalue weighted by molar-refractivity contribution is 7.89. The van der Waals surface area contributed by atoms with Crippen LogP contribution in [0.15, 0.2) is 35.5 Å². The number of carbonyl (C=O) groups excluding carboxylic acids is 1. The Morgan fingerprint density at radius 1 is 1.13 bits per heavy atom. The minimum atomic E-state index is -3.59. The molecule has 0 radical (unpaired) electrons. The van der Waals surface area contributed by atoms with E-state index in [1.165, 1.54) is 19.8 Å². The van der Waals surface area contributed by atoms with Crippen LogP contribution in [0.5, 0.6) is 0 Å². The number of rotatable bonds is 5. The lowest BCUT2D eigenvalue weighted by Gasteiger charge is -2.55. The molecule has 2 atom stereocenters. The summed E-state index contributed by atoms with van der Waals surface area (Å²) in [6.07, 6.45) is 4.87. The SMILES string of the molecule is CC(=O)Nc1ccc(S(=O)(=O)N2C3CC2CN(c2cc(C4CC4)ncn2)C3)c(C)c1. The van der Waals surface area contributed by atoms with Crippen molar-refractivity contribution >= 4 is 27.4 Å². The number of aryl methyl sites for hydroxylation is 1. The van der Waals surface area contributed by atoms with E-state index in [9.17, 15) is 13.2 Å². The fourth-order valence-corrected chi connectivity index (χ4v) is 6.65. The highest BCUT2D eigenvalue weighted by Crippen LogP contribution is 2.42. The zero-order chi connectivity index (χ0) is 21.0. The summed E-state index contributed by atoms with van der Waals surface area (Å²) in [5.41, 5.74) is 2.33. The maximum atomic E-state index is 13.4. The van der Waals surface area contributed by atoms with Crippen LogP contribution in [0.1, 0.15) is 43.4 Å². The van der Waals surface area contributed by atoms with E-state index in [4.69, 9.17) is 0 Å². The quantitative estimate of drug-likeness (QED) is 0.787. The van der Waals surface area contributed by atoms with Crippen LogP contribution < -0.4 is 10.2 Å². The largest absolute Gasteiger partial charge is 0.353 e. The molecule has 4 heterocycles. The molecule has 1 aromatic carbocycles. The number of benzene rings is 1. The lowest BCUT2D eigenvalue weighted by Crippen LogP contribution is -2.70. The summed E-state index contributed by atoms with van der Waals surface area (Å²) < 4.78 is 28.4. The van der Waals surface area contributed by atoms with Crippen LogP contribution in [0, 0.1) is 6.92 Å². The molecule has 30 heavy (non-hydrogen) atoms. The van der Waals surface area contributed by atoms with Gasteiger partial charge in [-0.3, -0.25) is 4.79 Å². The predicted molar refractivity (Wildman–Crippen MR) is 113 cm³/mol. The van der Waals surface area contributed by atoms with Crippen LogP contribution >= 0.6 is 0 Å². The Bertz CT molecular complexity index is 1100. The van der Waals surface area contributed by atoms with Crippen LogP contribution in [0.4, 0.5) is 11.5 Å². The molecular weight excluding hydrogens is 402 g/mol. The topological polar surface area (TPSA) is 95.5 Å². The van der Waals surface area contributed by atoms with Gasteiger partial charge in [-0.25, -0.2) is 18.4 Å². The third-order valence-corrected chi connectivity index (χ3v) is 8.34. The Labute approximate surface area is 176 Å². The van der Waals surface area contributed by atoms with E-state index in [0.29, 0.717) is 35.2 Å². The van der Waals surface area contributed by atoms with E-state index in [-0.39, 0.29) is 18.0 Å². The van der Waals surface area contributed by atoms with E-state index < -0.39 is 10.0 Å². The van der Waals surface area contributed by atoms with Gasteiger partial charge in [0.15, 0.2) is 0 Å². The van der Waals surface area contributed by atoms with E-state index in [0.717, 1.165) is 17.9 Å². The number of carbonyl (C=O) groups is 1. The van der Waals surface area contributed by atoms with E-state index in [1.807, 2.05) is 0 Å². The van der Waals surface area contributed by atoms with Crippen molar-refractivity contribution in [2.75, 3.05) is 23.3 Å². The predicted octanol–water partition coefficient (Wildman–Crippen LogP) is 2.27. The molecule has 1 saturated carbocycles. The number of aromatic nitrogens is 2. The monoisotopic (exact) mass is 427 g/mol. The summed E-state index contributed by atoms with van der Waals surface area (Å²) >= 11 is 0. The molecule has 2 unspecified atom stereocenters. The van der Waals surface area contributed by atoms with Gasteiger partial charge in [0.2, 0.25) is 15.9 Å². The van der Waals surface area contributed by atoms with E-state index in [2.05, 4.69) is 26.3 Å². The first-order chi connectivity index (χ1) is 14.3. The molecule has 4 aliphatic rings. The van der Waals surface area contributed by atoms with Gasteiger partial charge >= 0.3 is 0 Å². The van der Waals surface area contributed by atoms with Gasteiger partial charge in [0.25, 0.3) is 0 Å². The van der Waals surface area contributed by atoms with Gasteiger partial charge in [-0.2, -0.15) is 4.31 Å². The van der Waals surface area contributed by atoms with Crippen molar-refractivity contribution in [2.24, 2.45) is 0 Å². The maximum Gasteiger partial charge on any atom is 0.243 e. The third-order valence-electron chi connectivity index (χ3n) is 6.17. The van der Waals surface area contributed by atoms with Gasteiger partial charge in [0, 0.05) is 55.5 Å². The number of nitrogens with zero attached hydrogens (tertiary/aromatic N) is 4. The molecule has 1 aliphatic carbocycles. The molecule has 2 bridgehead atoms. The minimum Gasteiger partial charge on any atom is -0.353 e. The highest BCUT2D eigenvalue weighted by Gasteiger charge is 2.51. The Morgan fingerprint density at radius 2 is 1.87 bits per heavy atom. The molecule has 8 nitrogen and oxygen atoms in total. The van der Waals surface area contributed by atoms with Crippen LogP contribution in [0.2, 0.25) is 0 Å². The van der Waals surface area contributed by atoms with Gasteiger partial charge in [-0.05, 0) is 49.9 Å². The molecule has 9 heteroatoms. The lowest BCUT2D eigenvalue weighted by atomic mass is 9.91. The molecule has 4 fully saturated rings. The normalized spacial score (nSPS) is 23.7. The van der Waals surface area contributed by atoms with E-state index >= 15 is 0 Å². The molecule has 3 saturated heterocycles. The number of piperazine rings is 1. The molecule has 1 amide bonds. The highest BCUT2D eigenvalue weighted by atomic mass is 32.2. The summed E-state index contributed by atoms with van der Waals surface area (Å²) in [6.45, 7) is 4.47. The number of fused-ring (bicyclic) bond motifs is 2. The zero-order valence-electron chi connectivity index (χ0n) is 17.1. The van der Waals surface area contributed by atoms with Crippen molar-refractivity contribution in [2.45, 2.75) is 56.0 Å². The first-order valence-corrected chi connectivity index (χ1v) is 11.8. The second-order valence-corrected chi connectivity index (χ2v) is 10.3. The standard InChI is InChI=1S/C21H25N5O3S/c1-13-7-16(24-14(2)27)5-6-20(13)30(28,29)26-17-8-18(26)11-25(10-17)21-9-19(15-3-4-15)22-12-23-21/h5-7,9,12,15,17-18H,3-4,8,10-11H2,1-2H3,(H,24,27).